The van der Waals surface area contributed by atoms with Crippen LogP contribution in [0.3, 0.4) is 0 Å². The Morgan fingerprint density at radius 3 is 3.12 bits per heavy atom. The van der Waals surface area contributed by atoms with E-state index in [1.165, 1.54) is 6.33 Å². The highest BCUT2D eigenvalue weighted by molar-refractivity contribution is 5.98. The molecule has 1 amide bonds. The van der Waals surface area contributed by atoms with Crippen molar-refractivity contribution in [2.75, 3.05) is 6.54 Å². The van der Waals surface area contributed by atoms with Gasteiger partial charge < -0.3 is 16.3 Å². The van der Waals surface area contributed by atoms with Gasteiger partial charge in [0.1, 0.15) is 18.0 Å². The van der Waals surface area contributed by atoms with E-state index in [-0.39, 0.29) is 18.2 Å². The number of rotatable bonds is 6. The standard InChI is InChI=1S/C8H14N6O2/c9-6(14-16)4-8(15)10-3-1-2-7-11-5-12-13-7/h5,16H,1-4H2,(H2,9,14)(H,10,15)(H,11,12,13). The Morgan fingerprint density at radius 2 is 2.50 bits per heavy atom. The molecule has 1 rings (SSSR count). The second-order valence-corrected chi connectivity index (χ2v) is 3.15. The molecule has 0 aliphatic carbocycles. The molecule has 0 unspecified atom stereocenters. The molecular formula is C8H14N6O2. The van der Waals surface area contributed by atoms with Gasteiger partial charge in [-0.2, -0.15) is 5.10 Å². The molecule has 88 valence electrons. The summed E-state index contributed by atoms with van der Waals surface area (Å²) in [4.78, 5) is 15.1. The van der Waals surface area contributed by atoms with Crippen LogP contribution in [0.1, 0.15) is 18.7 Å². The molecule has 1 aromatic rings. The summed E-state index contributed by atoms with van der Waals surface area (Å²) >= 11 is 0. The van der Waals surface area contributed by atoms with Gasteiger partial charge in [0.25, 0.3) is 0 Å². The van der Waals surface area contributed by atoms with Crippen LogP contribution in [0.15, 0.2) is 11.5 Å². The monoisotopic (exact) mass is 226 g/mol. The number of amides is 1. The molecule has 1 heterocycles. The quantitative estimate of drug-likeness (QED) is 0.162. The van der Waals surface area contributed by atoms with E-state index < -0.39 is 0 Å². The number of aryl methyl sites for hydroxylation is 1. The zero-order valence-electron chi connectivity index (χ0n) is 8.68. The Kier molecular flexibility index (Phi) is 4.77. The van der Waals surface area contributed by atoms with Crippen LogP contribution >= 0.6 is 0 Å². The van der Waals surface area contributed by atoms with E-state index in [2.05, 4.69) is 25.7 Å². The van der Waals surface area contributed by atoms with E-state index in [1.54, 1.807) is 0 Å². The molecule has 0 aliphatic heterocycles. The van der Waals surface area contributed by atoms with Crippen LogP contribution in [0.4, 0.5) is 0 Å². The SMILES string of the molecule is NC(CC(=O)NCCCc1ncn[nH]1)=NO. The van der Waals surface area contributed by atoms with Gasteiger partial charge in [-0.3, -0.25) is 9.89 Å². The fraction of sp³-hybridized carbons (Fsp3) is 0.500. The lowest BCUT2D eigenvalue weighted by Gasteiger charge is -2.03. The van der Waals surface area contributed by atoms with Gasteiger partial charge in [-0.05, 0) is 6.42 Å². The highest BCUT2D eigenvalue weighted by Gasteiger charge is 2.04. The average molecular weight is 226 g/mol. The van der Waals surface area contributed by atoms with E-state index in [9.17, 15) is 4.79 Å². The normalized spacial score (nSPS) is 11.4. The Labute approximate surface area is 91.9 Å². The highest BCUT2D eigenvalue weighted by Crippen LogP contribution is 1.91. The van der Waals surface area contributed by atoms with Gasteiger partial charge in [-0.25, -0.2) is 4.98 Å². The fourth-order valence-electron chi connectivity index (χ4n) is 1.10. The maximum absolute atomic E-state index is 11.2. The first-order chi connectivity index (χ1) is 7.72. The second-order valence-electron chi connectivity index (χ2n) is 3.15. The number of H-pyrrole nitrogens is 1. The van der Waals surface area contributed by atoms with Gasteiger partial charge in [0.2, 0.25) is 5.91 Å². The maximum Gasteiger partial charge on any atom is 0.227 e. The van der Waals surface area contributed by atoms with Crippen molar-refractivity contribution in [3.8, 4) is 0 Å². The number of nitrogens with zero attached hydrogens (tertiary/aromatic N) is 3. The average Bonchev–Trinajstić information content (AvgIpc) is 2.77. The summed E-state index contributed by atoms with van der Waals surface area (Å²) in [5, 5.41) is 20.0. The Morgan fingerprint density at radius 1 is 1.69 bits per heavy atom. The molecule has 0 aromatic carbocycles. The van der Waals surface area contributed by atoms with Gasteiger partial charge in [-0.15, -0.1) is 0 Å². The van der Waals surface area contributed by atoms with Crippen LogP contribution in [-0.2, 0) is 11.2 Å². The zero-order valence-corrected chi connectivity index (χ0v) is 8.68. The van der Waals surface area contributed by atoms with Crippen molar-refractivity contribution >= 4 is 11.7 Å². The zero-order chi connectivity index (χ0) is 11.8. The lowest BCUT2D eigenvalue weighted by atomic mass is 10.3. The van der Waals surface area contributed by atoms with Crippen LogP contribution in [0.2, 0.25) is 0 Å². The number of nitrogens with two attached hydrogens (primary N) is 1. The predicted octanol–water partition coefficient (Wildman–Crippen LogP) is -1.01. The first-order valence-electron chi connectivity index (χ1n) is 4.79. The van der Waals surface area contributed by atoms with E-state index in [4.69, 9.17) is 10.9 Å². The molecule has 0 radical (unpaired) electrons. The van der Waals surface area contributed by atoms with Crippen LogP contribution in [-0.4, -0.2) is 38.7 Å². The predicted molar refractivity (Wildman–Crippen MR) is 55.7 cm³/mol. The number of hydrogen-bond donors (Lipinski definition) is 4. The molecule has 5 N–H and O–H groups in total. The van der Waals surface area contributed by atoms with Crippen molar-refractivity contribution in [2.24, 2.45) is 10.9 Å². The minimum atomic E-state index is -0.270. The fourth-order valence-corrected chi connectivity index (χ4v) is 1.10. The van der Waals surface area contributed by atoms with Crippen LogP contribution in [0.5, 0.6) is 0 Å². The number of amidine groups is 1. The van der Waals surface area contributed by atoms with Crippen molar-refractivity contribution < 1.29 is 10.0 Å². The topological polar surface area (TPSA) is 129 Å². The molecule has 1 aromatic heterocycles. The summed E-state index contributed by atoms with van der Waals surface area (Å²) in [5.74, 6) is 0.409. The van der Waals surface area contributed by atoms with Crippen molar-refractivity contribution in [2.45, 2.75) is 19.3 Å². The van der Waals surface area contributed by atoms with Crippen LogP contribution in [0, 0.1) is 0 Å². The summed E-state index contributed by atoms with van der Waals surface area (Å²) in [6.45, 7) is 0.512. The summed E-state index contributed by atoms with van der Waals surface area (Å²) in [6, 6.07) is 0. The van der Waals surface area contributed by atoms with Gasteiger partial charge in [0.05, 0.1) is 6.42 Å². The highest BCUT2D eigenvalue weighted by atomic mass is 16.4. The van der Waals surface area contributed by atoms with E-state index in [0.717, 1.165) is 12.2 Å². The molecule has 0 bridgehead atoms. The van der Waals surface area contributed by atoms with Gasteiger partial charge in [0.15, 0.2) is 0 Å². The summed E-state index contributed by atoms with van der Waals surface area (Å²) < 4.78 is 0. The Bertz CT molecular complexity index is 347. The first-order valence-corrected chi connectivity index (χ1v) is 4.79. The molecule has 16 heavy (non-hydrogen) atoms. The number of aromatic nitrogens is 3. The van der Waals surface area contributed by atoms with E-state index >= 15 is 0 Å². The van der Waals surface area contributed by atoms with Crippen LogP contribution < -0.4 is 11.1 Å². The number of nitrogens with one attached hydrogen (secondary N) is 2. The molecule has 8 heteroatoms. The van der Waals surface area contributed by atoms with Crippen LogP contribution in [0.25, 0.3) is 0 Å². The minimum Gasteiger partial charge on any atom is -0.409 e. The lowest BCUT2D eigenvalue weighted by molar-refractivity contribution is -0.119. The Hall–Kier alpha value is -2.12. The molecular weight excluding hydrogens is 212 g/mol. The molecule has 0 fully saturated rings. The summed E-state index contributed by atoms with van der Waals surface area (Å²) in [5.41, 5.74) is 5.17. The van der Waals surface area contributed by atoms with E-state index in [0.29, 0.717) is 13.0 Å². The minimum absolute atomic E-state index is 0.0984. The third-order valence-electron chi connectivity index (χ3n) is 1.85. The molecule has 8 nitrogen and oxygen atoms in total. The molecule has 0 saturated heterocycles. The maximum atomic E-state index is 11.2. The first kappa shape index (κ1) is 12.0. The summed E-state index contributed by atoms with van der Waals surface area (Å²) in [6.07, 6.45) is 2.80. The van der Waals surface area contributed by atoms with Gasteiger partial charge in [0, 0.05) is 13.0 Å². The molecule has 0 aliphatic rings. The smallest absolute Gasteiger partial charge is 0.227 e. The molecule has 0 atom stereocenters. The number of carbonyl (C=O) groups excluding carboxylic acids is 1. The lowest BCUT2D eigenvalue weighted by Crippen LogP contribution is -2.29. The third kappa shape index (κ3) is 4.40. The van der Waals surface area contributed by atoms with Crippen molar-refractivity contribution in [3.63, 3.8) is 0 Å². The molecule has 0 spiro atoms. The van der Waals surface area contributed by atoms with Crippen molar-refractivity contribution in [1.82, 2.24) is 20.5 Å². The number of oxime groups is 1. The second kappa shape index (κ2) is 6.38. The number of hydrogen-bond acceptors (Lipinski definition) is 5. The van der Waals surface area contributed by atoms with Gasteiger partial charge in [-0.1, -0.05) is 5.16 Å². The number of aromatic amines is 1. The Balaban J connectivity index is 2.09. The third-order valence-corrected chi connectivity index (χ3v) is 1.85. The largest absolute Gasteiger partial charge is 0.409 e. The number of carbonyl (C=O) groups is 1. The van der Waals surface area contributed by atoms with E-state index in [1.807, 2.05) is 0 Å². The van der Waals surface area contributed by atoms with Crippen molar-refractivity contribution in [3.05, 3.63) is 12.2 Å². The summed E-state index contributed by atoms with van der Waals surface area (Å²) in [7, 11) is 0. The van der Waals surface area contributed by atoms with Gasteiger partial charge >= 0.3 is 0 Å². The van der Waals surface area contributed by atoms with Crippen molar-refractivity contribution in [1.29, 1.82) is 0 Å². The molecule has 0 saturated carbocycles.